The number of aryl methyl sites for hydroxylation is 1. The Morgan fingerprint density at radius 2 is 1.88 bits per heavy atom. The van der Waals surface area contributed by atoms with E-state index in [-0.39, 0.29) is 5.91 Å². The molecule has 3 aromatic rings. The fraction of sp³-hybridized carbons (Fsp3) is 0.269. The lowest BCUT2D eigenvalue weighted by Crippen LogP contribution is -2.18. The lowest BCUT2D eigenvalue weighted by atomic mass is 9.86. The first-order chi connectivity index (χ1) is 15.6. The number of hydrogen-bond acceptors (Lipinski definition) is 5. The van der Waals surface area contributed by atoms with E-state index in [1.165, 1.54) is 5.56 Å². The zero-order valence-corrected chi connectivity index (χ0v) is 18.3. The second-order valence-electron chi connectivity index (χ2n) is 8.02. The van der Waals surface area contributed by atoms with Crippen LogP contribution in [-0.4, -0.2) is 22.5 Å². The van der Waals surface area contributed by atoms with E-state index < -0.39 is 0 Å². The lowest BCUT2D eigenvalue weighted by molar-refractivity contribution is -0.113. The van der Waals surface area contributed by atoms with Crippen LogP contribution >= 0.6 is 0 Å². The van der Waals surface area contributed by atoms with Crippen LogP contribution < -0.4 is 15.8 Å². The van der Waals surface area contributed by atoms with Crippen LogP contribution in [0.15, 0.2) is 66.4 Å². The molecule has 0 unspecified atom stereocenters. The second kappa shape index (κ2) is 10.1. The summed E-state index contributed by atoms with van der Waals surface area (Å²) in [5.74, 6) is 0.951. The third kappa shape index (κ3) is 5.52. The van der Waals surface area contributed by atoms with E-state index in [4.69, 9.17) is 10.5 Å². The van der Waals surface area contributed by atoms with Crippen LogP contribution in [0.4, 0.5) is 11.5 Å². The molecule has 1 amide bonds. The Bertz CT molecular complexity index is 1110. The van der Waals surface area contributed by atoms with Crippen molar-refractivity contribution in [3.63, 3.8) is 0 Å². The Labute approximate surface area is 188 Å². The van der Waals surface area contributed by atoms with Crippen molar-refractivity contribution in [2.45, 2.75) is 39.0 Å². The molecule has 2 heterocycles. The number of anilines is 2. The molecule has 0 bridgehead atoms. The highest BCUT2D eigenvalue weighted by atomic mass is 16.5. The van der Waals surface area contributed by atoms with E-state index in [1.54, 1.807) is 18.3 Å². The average Bonchev–Trinajstić information content (AvgIpc) is 2.81. The number of amides is 1. The second-order valence-corrected chi connectivity index (χ2v) is 8.02. The number of nitrogen functional groups attached to an aromatic ring is 1. The number of carbonyl (C=O) groups is 1. The van der Waals surface area contributed by atoms with Gasteiger partial charge in [-0.25, -0.2) is 9.97 Å². The summed E-state index contributed by atoms with van der Waals surface area (Å²) in [5.41, 5.74) is 11.6. The molecule has 0 radical (unpaired) electrons. The van der Waals surface area contributed by atoms with Crippen LogP contribution in [0.3, 0.4) is 0 Å². The smallest absolute Gasteiger partial charge is 0.251 e. The van der Waals surface area contributed by atoms with Gasteiger partial charge in [-0.2, -0.15) is 0 Å². The van der Waals surface area contributed by atoms with Crippen LogP contribution in [-0.2, 0) is 11.2 Å². The first-order valence-electron chi connectivity index (χ1n) is 11.0. The summed E-state index contributed by atoms with van der Waals surface area (Å²) < 4.78 is 5.70. The molecular formula is C26H28N4O2. The fourth-order valence-corrected chi connectivity index (χ4v) is 3.87. The molecule has 6 heteroatoms. The number of aromatic nitrogens is 2. The van der Waals surface area contributed by atoms with Crippen molar-refractivity contribution in [3.8, 4) is 5.88 Å². The van der Waals surface area contributed by atoms with Crippen molar-refractivity contribution in [1.82, 2.24) is 9.97 Å². The number of nitrogens with one attached hydrogen (secondary N) is 1. The Balaban J connectivity index is 1.37. The van der Waals surface area contributed by atoms with Crippen molar-refractivity contribution in [2.24, 2.45) is 0 Å². The third-order valence-electron chi connectivity index (χ3n) is 5.57. The predicted octanol–water partition coefficient (Wildman–Crippen LogP) is 4.96. The summed E-state index contributed by atoms with van der Waals surface area (Å²) in [4.78, 5) is 21.6. The Morgan fingerprint density at radius 3 is 2.62 bits per heavy atom. The van der Waals surface area contributed by atoms with Gasteiger partial charge in [-0.05, 0) is 61.9 Å². The van der Waals surface area contributed by atoms with Gasteiger partial charge in [0, 0.05) is 23.8 Å². The fourth-order valence-electron chi connectivity index (χ4n) is 3.87. The molecule has 0 spiro atoms. The first-order valence-corrected chi connectivity index (χ1v) is 11.0. The quantitative estimate of drug-likeness (QED) is 0.555. The number of allylic oxidation sites excluding steroid dienone is 1. The van der Waals surface area contributed by atoms with Crippen LogP contribution in [0.25, 0.3) is 5.57 Å². The van der Waals surface area contributed by atoms with Gasteiger partial charge in [0.1, 0.15) is 5.82 Å². The van der Waals surface area contributed by atoms with Crippen LogP contribution in [0.2, 0.25) is 0 Å². The molecular weight excluding hydrogens is 400 g/mol. The van der Waals surface area contributed by atoms with E-state index in [2.05, 4.69) is 46.5 Å². The van der Waals surface area contributed by atoms with Gasteiger partial charge < -0.3 is 15.8 Å². The number of nitrogens with zero attached hydrogens (tertiary/aromatic N) is 2. The lowest BCUT2D eigenvalue weighted by Gasteiger charge is -2.20. The molecule has 4 rings (SSSR count). The van der Waals surface area contributed by atoms with Crippen LogP contribution in [0.1, 0.15) is 42.5 Å². The minimum Gasteiger partial charge on any atom is -0.477 e. The molecule has 6 nitrogen and oxygen atoms in total. The van der Waals surface area contributed by atoms with E-state index >= 15 is 0 Å². The molecule has 1 aliphatic carbocycles. The molecule has 0 aliphatic heterocycles. The zero-order chi connectivity index (χ0) is 22.3. The Kier molecular flexibility index (Phi) is 6.80. The van der Waals surface area contributed by atoms with Crippen molar-refractivity contribution < 1.29 is 9.53 Å². The minimum atomic E-state index is -0.0523. The maximum Gasteiger partial charge on any atom is 0.251 e. The average molecular weight is 429 g/mol. The number of carbonyl (C=O) groups excluding carboxylic acids is 1. The summed E-state index contributed by atoms with van der Waals surface area (Å²) in [5, 5.41) is 3.00. The largest absolute Gasteiger partial charge is 0.477 e. The van der Waals surface area contributed by atoms with Crippen molar-refractivity contribution in [2.75, 3.05) is 17.7 Å². The van der Waals surface area contributed by atoms with Crippen molar-refractivity contribution >= 4 is 23.0 Å². The van der Waals surface area contributed by atoms with Crippen LogP contribution in [0.5, 0.6) is 5.88 Å². The normalized spacial score (nSPS) is 13.7. The van der Waals surface area contributed by atoms with Crippen LogP contribution in [0, 0.1) is 6.92 Å². The predicted molar refractivity (Wildman–Crippen MR) is 127 cm³/mol. The third-order valence-corrected chi connectivity index (χ3v) is 5.57. The summed E-state index contributed by atoms with van der Waals surface area (Å²) in [6.45, 7) is 2.52. The highest BCUT2D eigenvalue weighted by molar-refractivity contribution is 6.09. The molecule has 0 atom stereocenters. The van der Waals surface area contributed by atoms with Gasteiger partial charge >= 0.3 is 0 Å². The molecule has 0 fully saturated rings. The highest BCUT2D eigenvalue weighted by Gasteiger charge is 2.20. The number of pyridine rings is 2. The van der Waals surface area contributed by atoms with Crippen molar-refractivity contribution in [1.29, 1.82) is 0 Å². The topological polar surface area (TPSA) is 90.1 Å². The molecule has 1 aliphatic rings. The molecule has 0 saturated heterocycles. The first kappa shape index (κ1) is 21.6. The summed E-state index contributed by atoms with van der Waals surface area (Å²) in [6, 6.07) is 17.5. The molecule has 3 N–H and O–H groups in total. The maximum atomic E-state index is 13.0. The van der Waals surface area contributed by atoms with Crippen molar-refractivity contribution in [3.05, 3.63) is 83.2 Å². The molecule has 1 aromatic carbocycles. The van der Waals surface area contributed by atoms with E-state index in [0.29, 0.717) is 30.4 Å². The number of ether oxygens (including phenoxy) is 1. The van der Waals surface area contributed by atoms with Gasteiger partial charge in [0.2, 0.25) is 5.88 Å². The molecule has 2 aromatic heterocycles. The number of rotatable bonds is 7. The minimum absolute atomic E-state index is 0.0523. The standard InChI is InChI=1S/C26H28N4O2/c1-18-9-11-19(12-10-18)22-6-2-3-7-23(22)26(31)30-21-13-14-25(28-17-21)32-16-15-20-5-4-8-24(27)29-20/h4-5,8-14,17H,2-3,6-7,15-16H2,1H3,(H2,27,29)(H,30,31). The van der Waals surface area contributed by atoms with Gasteiger partial charge in [-0.3, -0.25) is 4.79 Å². The van der Waals surface area contributed by atoms with E-state index in [9.17, 15) is 4.79 Å². The maximum absolute atomic E-state index is 13.0. The highest BCUT2D eigenvalue weighted by Crippen LogP contribution is 2.33. The Morgan fingerprint density at radius 1 is 1.06 bits per heavy atom. The Hall–Kier alpha value is -3.67. The monoisotopic (exact) mass is 428 g/mol. The summed E-state index contributed by atoms with van der Waals surface area (Å²) >= 11 is 0. The molecule has 164 valence electrons. The van der Waals surface area contributed by atoms with E-state index in [1.807, 2.05) is 18.2 Å². The molecule has 0 saturated carbocycles. The van der Waals surface area contributed by atoms with Gasteiger partial charge in [0.15, 0.2) is 0 Å². The summed E-state index contributed by atoms with van der Waals surface area (Å²) in [7, 11) is 0. The number of nitrogens with two attached hydrogens (primary N) is 1. The van der Waals surface area contributed by atoms with Gasteiger partial charge in [0.05, 0.1) is 18.5 Å². The number of hydrogen-bond donors (Lipinski definition) is 2. The van der Waals surface area contributed by atoms with Gasteiger partial charge in [-0.1, -0.05) is 35.9 Å². The molecule has 32 heavy (non-hydrogen) atoms. The summed E-state index contributed by atoms with van der Waals surface area (Å²) in [6.07, 6.45) is 6.13. The van der Waals surface area contributed by atoms with Gasteiger partial charge in [0.25, 0.3) is 5.91 Å². The number of benzene rings is 1. The van der Waals surface area contributed by atoms with Gasteiger partial charge in [-0.15, -0.1) is 0 Å². The zero-order valence-electron chi connectivity index (χ0n) is 18.3. The van der Waals surface area contributed by atoms with E-state index in [0.717, 1.165) is 48.1 Å². The SMILES string of the molecule is Cc1ccc(C2=C(C(=O)Nc3ccc(OCCc4cccc(N)n4)nc3)CCCC2)cc1.